The van der Waals surface area contributed by atoms with Gasteiger partial charge in [-0.25, -0.2) is 9.69 Å². The molecule has 7 nitrogen and oxygen atoms in total. The van der Waals surface area contributed by atoms with Gasteiger partial charge in [-0.1, -0.05) is 12.1 Å². The molecule has 0 fully saturated rings. The van der Waals surface area contributed by atoms with E-state index in [1.807, 2.05) is 6.92 Å². The quantitative estimate of drug-likeness (QED) is 0.585. The maximum absolute atomic E-state index is 12.3. The van der Waals surface area contributed by atoms with E-state index in [0.717, 1.165) is 4.90 Å². The van der Waals surface area contributed by atoms with Crippen molar-refractivity contribution in [3.05, 3.63) is 59.2 Å². The highest BCUT2D eigenvalue weighted by atomic mass is 16.5. The lowest BCUT2D eigenvalue weighted by Gasteiger charge is -2.15. The first-order valence-electron chi connectivity index (χ1n) is 8.00. The van der Waals surface area contributed by atoms with Crippen LogP contribution in [-0.4, -0.2) is 43.1 Å². The number of rotatable bonds is 6. The van der Waals surface area contributed by atoms with Crippen molar-refractivity contribution in [1.29, 1.82) is 0 Å². The van der Waals surface area contributed by atoms with Gasteiger partial charge < -0.3 is 14.2 Å². The zero-order valence-corrected chi connectivity index (χ0v) is 14.4. The van der Waals surface area contributed by atoms with Crippen molar-refractivity contribution in [2.24, 2.45) is 0 Å². The zero-order valence-electron chi connectivity index (χ0n) is 14.4. The first kappa shape index (κ1) is 17.5. The minimum Gasteiger partial charge on any atom is -0.493 e. The van der Waals surface area contributed by atoms with Crippen molar-refractivity contribution in [3.63, 3.8) is 0 Å². The summed E-state index contributed by atoms with van der Waals surface area (Å²) in [5.41, 5.74) is 0.828. The van der Waals surface area contributed by atoms with Crippen molar-refractivity contribution >= 4 is 17.8 Å². The summed E-state index contributed by atoms with van der Waals surface area (Å²) in [5, 5.41) is 0. The number of methoxy groups -OCH3 is 1. The van der Waals surface area contributed by atoms with Crippen LogP contribution in [0.4, 0.5) is 0 Å². The number of benzene rings is 2. The van der Waals surface area contributed by atoms with Gasteiger partial charge in [0, 0.05) is 0 Å². The Morgan fingerprint density at radius 1 is 1.00 bits per heavy atom. The van der Waals surface area contributed by atoms with Gasteiger partial charge in [-0.3, -0.25) is 9.59 Å². The van der Waals surface area contributed by atoms with E-state index in [2.05, 4.69) is 0 Å². The van der Waals surface area contributed by atoms with Gasteiger partial charge in [-0.2, -0.15) is 0 Å². The molecule has 0 N–H and O–H groups in total. The Morgan fingerprint density at radius 3 is 2.23 bits per heavy atom. The van der Waals surface area contributed by atoms with Gasteiger partial charge in [0.15, 0.2) is 18.2 Å². The number of nitrogens with zero attached hydrogens (tertiary/aromatic N) is 1. The second-order valence-corrected chi connectivity index (χ2v) is 5.44. The molecule has 0 bridgehead atoms. The molecule has 0 saturated carbocycles. The van der Waals surface area contributed by atoms with Crippen molar-refractivity contribution < 1.29 is 28.6 Å². The third-order valence-corrected chi connectivity index (χ3v) is 3.90. The number of amides is 2. The van der Waals surface area contributed by atoms with Crippen LogP contribution >= 0.6 is 0 Å². The number of esters is 1. The van der Waals surface area contributed by atoms with Crippen molar-refractivity contribution in [2.75, 3.05) is 20.4 Å². The Balaban J connectivity index is 1.70. The first-order valence-corrected chi connectivity index (χ1v) is 8.00. The van der Waals surface area contributed by atoms with Gasteiger partial charge in [-0.05, 0) is 37.3 Å². The maximum atomic E-state index is 12.3. The van der Waals surface area contributed by atoms with E-state index in [1.165, 1.54) is 19.2 Å². The number of hydrogen-bond acceptors (Lipinski definition) is 6. The second-order valence-electron chi connectivity index (χ2n) is 5.44. The van der Waals surface area contributed by atoms with Crippen LogP contribution in [0.15, 0.2) is 42.5 Å². The lowest BCUT2D eigenvalue weighted by Crippen LogP contribution is -2.33. The molecule has 0 spiro atoms. The van der Waals surface area contributed by atoms with Gasteiger partial charge in [-0.15, -0.1) is 0 Å². The fourth-order valence-corrected chi connectivity index (χ4v) is 2.63. The zero-order chi connectivity index (χ0) is 18.7. The monoisotopic (exact) mass is 355 g/mol. The molecule has 3 rings (SSSR count). The molecule has 26 heavy (non-hydrogen) atoms. The number of carbonyl (C=O) groups is 3. The minimum absolute atomic E-state index is 0.224. The second kappa shape index (κ2) is 7.26. The highest BCUT2D eigenvalue weighted by Crippen LogP contribution is 2.28. The smallest absolute Gasteiger partial charge is 0.340 e. The third kappa shape index (κ3) is 3.11. The number of ether oxygens (including phenoxy) is 3. The molecule has 0 aromatic heterocycles. The fraction of sp³-hybridized carbons (Fsp3) is 0.211. The third-order valence-electron chi connectivity index (χ3n) is 3.90. The molecule has 2 aromatic rings. The Hall–Kier alpha value is -3.35. The molecule has 0 atom stereocenters. The van der Waals surface area contributed by atoms with Gasteiger partial charge >= 0.3 is 5.97 Å². The van der Waals surface area contributed by atoms with Gasteiger partial charge in [0.05, 0.1) is 30.4 Å². The molecular formula is C19H17NO6. The average molecular weight is 355 g/mol. The summed E-state index contributed by atoms with van der Waals surface area (Å²) in [6.07, 6.45) is 0. The summed E-state index contributed by atoms with van der Waals surface area (Å²) in [6, 6.07) is 11.1. The molecule has 1 aliphatic rings. The number of fused-ring (bicyclic) bond motifs is 1. The molecule has 1 heterocycles. The predicted octanol–water partition coefficient (Wildman–Crippen LogP) is 2.50. The first-order chi connectivity index (χ1) is 12.6. The average Bonchev–Trinajstić information content (AvgIpc) is 2.91. The molecule has 1 aliphatic heterocycles. The van der Waals surface area contributed by atoms with E-state index >= 15 is 0 Å². The Labute approximate surface area is 150 Å². The lowest BCUT2D eigenvalue weighted by atomic mass is 10.1. The van der Waals surface area contributed by atoms with Crippen molar-refractivity contribution in [1.82, 2.24) is 4.90 Å². The maximum Gasteiger partial charge on any atom is 0.340 e. The van der Waals surface area contributed by atoms with Crippen LogP contribution in [0, 0.1) is 0 Å². The van der Waals surface area contributed by atoms with E-state index in [0.29, 0.717) is 29.2 Å². The summed E-state index contributed by atoms with van der Waals surface area (Å²) in [5.74, 6) is -0.748. The highest BCUT2D eigenvalue weighted by Gasteiger charge is 2.35. The van der Waals surface area contributed by atoms with E-state index in [4.69, 9.17) is 14.2 Å². The normalized spacial score (nSPS) is 12.8. The fourth-order valence-electron chi connectivity index (χ4n) is 2.63. The molecule has 0 saturated heterocycles. The topological polar surface area (TPSA) is 82.1 Å². The summed E-state index contributed by atoms with van der Waals surface area (Å²) < 4.78 is 15.7. The van der Waals surface area contributed by atoms with E-state index < -0.39 is 24.5 Å². The van der Waals surface area contributed by atoms with Crippen LogP contribution in [0.1, 0.15) is 38.0 Å². The largest absolute Gasteiger partial charge is 0.493 e. The van der Waals surface area contributed by atoms with Gasteiger partial charge in [0.25, 0.3) is 11.8 Å². The van der Waals surface area contributed by atoms with E-state index in [1.54, 1.807) is 30.3 Å². The molecule has 0 aliphatic carbocycles. The number of hydrogen-bond donors (Lipinski definition) is 0. The molecule has 134 valence electrons. The van der Waals surface area contributed by atoms with Crippen LogP contribution in [-0.2, 0) is 4.74 Å². The predicted molar refractivity (Wildman–Crippen MR) is 91.4 cm³/mol. The standard InChI is InChI=1S/C19H17NO6/c1-3-25-15-9-8-12(10-16(15)24-2)19(23)26-11-20-17(21)13-6-4-5-7-14(13)18(20)22/h4-10H,3,11H2,1-2H3. The summed E-state index contributed by atoms with van der Waals surface area (Å²) >= 11 is 0. The van der Waals surface area contributed by atoms with Crippen molar-refractivity contribution in [2.45, 2.75) is 6.92 Å². The van der Waals surface area contributed by atoms with Crippen LogP contribution in [0.25, 0.3) is 0 Å². The highest BCUT2D eigenvalue weighted by molar-refractivity contribution is 6.21. The van der Waals surface area contributed by atoms with Crippen LogP contribution in [0.5, 0.6) is 11.5 Å². The Morgan fingerprint density at radius 2 is 1.65 bits per heavy atom. The Kier molecular flexibility index (Phi) is 4.88. The van der Waals surface area contributed by atoms with Crippen LogP contribution < -0.4 is 9.47 Å². The van der Waals surface area contributed by atoms with Crippen LogP contribution in [0.3, 0.4) is 0 Å². The minimum atomic E-state index is -0.678. The SMILES string of the molecule is CCOc1ccc(C(=O)OCN2C(=O)c3ccccc3C2=O)cc1OC. The summed E-state index contributed by atoms with van der Waals surface area (Å²) in [6.45, 7) is 1.84. The molecule has 0 radical (unpaired) electrons. The summed E-state index contributed by atoms with van der Waals surface area (Å²) in [7, 11) is 1.46. The molecular weight excluding hydrogens is 338 g/mol. The summed E-state index contributed by atoms with van der Waals surface area (Å²) in [4.78, 5) is 37.7. The van der Waals surface area contributed by atoms with E-state index in [-0.39, 0.29) is 5.56 Å². The van der Waals surface area contributed by atoms with Gasteiger partial charge in [0.1, 0.15) is 0 Å². The molecule has 2 amide bonds. The van der Waals surface area contributed by atoms with Crippen LogP contribution in [0.2, 0.25) is 0 Å². The molecule has 2 aromatic carbocycles. The lowest BCUT2D eigenvalue weighted by molar-refractivity contribution is 0.0228. The van der Waals surface area contributed by atoms with Crippen molar-refractivity contribution in [3.8, 4) is 11.5 Å². The Bertz CT molecular complexity index is 841. The molecule has 7 heteroatoms. The van der Waals surface area contributed by atoms with E-state index in [9.17, 15) is 14.4 Å². The van der Waals surface area contributed by atoms with Gasteiger partial charge in [0.2, 0.25) is 0 Å². The molecule has 0 unspecified atom stereocenters. The number of imide groups is 1. The number of carbonyl (C=O) groups excluding carboxylic acids is 3.